The molecule has 0 saturated heterocycles. The number of nitrogens with zero attached hydrogens (tertiary/aromatic N) is 1. The van der Waals surface area contributed by atoms with Crippen molar-refractivity contribution in [1.82, 2.24) is 4.98 Å². The Morgan fingerprint density at radius 1 is 1.17 bits per heavy atom. The van der Waals surface area contributed by atoms with E-state index in [0.717, 1.165) is 10.6 Å². The number of nitriles is 1. The van der Waals surface area contributed by atoms with Gasteiger partial charge in [-0.2, -0.15) is 5.26 Å². The summed E-state index contributed by atoms with van der Waals surface area (Å²) in [6.07, 6.45) is 0. The Kier molecular flexibility index (Phi) is 2.71. The largest absolute Gasteiger partial charge is 0.344 e. The quantitative estimate of drug-likeness (QED) is 0.660. The molecule has 0 amide bonds. The van der Waals surface area contributed by atoms with Gasteiger partial charge in [0.15, 0.2) is 0 Å². The van der Waals surface area contributed by atoms with Crippen LogP contribution in [0.4, 0.5) is 0 Å². The van der Waals surface area contributed by atoms with Gasteiger partial charge in [0.1, 0.15) is 10.7 Å². The van der Waals surface area contributed by atoms with Crippen molar-refractivity contribution in [3.63, 3.8) is 0 Å². The van der Waals surface area contributed by atoms with Crippen molar-refractivity contribution in [3.8, 4) is 16.6 Å². The van der Waals surface area contributed by atoms with Gasteiger partial charge < -0.3 is 4.98 Å². The summed E-state index contributed by atoms with van der Waals surface area (Å²) in [6, 6.07) is 16.1. The highest BCUT2D eigenvalue weighted by Gasteiger charge is 2.05. The highest BCUT2D eigenvalue weighted by atomic mass is 32.1. The molecule has 0 unspecified atom stereocenters. The van der Waals surface area contributed by atoms with Crippen LogP contribution in [0.2, 0.25) is 0 Å². The third kappa shape index (κ3) is 1.84. The molecule has 2 aromatic heterocycles. The lowest BCUT2D eigenvalue weighted by molar-refractivity contribution is 1.28. The first-order valence-electron chi connectivity index (χ1n) is 5.40. The molecule has 1 aromatic carbocycles. The van der Waals surface area contributed by atoms with Crippen LogP contribution in [0, 0.1) is 16.0 Å². The zero-order valence-corrected chi connectivity index (χ0v) is 10.9. The molecule has 3 aromatic rings. The van der Waals surface area contributed by atoms with Gasteiger partial charge in [0.2, 0.25) is 0 Å². The number of aromatic amines is 1. The normalized spacial score (nSPS) is 10.4. The fourth-order valence-electron chi connectivity index (χ4n) is 1.82. The fraction of sp³-hybridized carbons (Fsp3) is 0. The second-order valence-corrected chi connectivity index (χ2v) is 5.37. The van der Waals surface area contributed by atoms with E-state index in [1.165, 1.54) is 10.1 Å². The third-order valence-electron chi connectivity index (χ3n) is 2.72. The maximum absolute atomic E-state index is 8.86. The average molecular weight is 268 g/mol. The van der Waals surface area contributed by atoms with Crippen molar-refractivity contribution in [2.45, 2.75) is 0 Å². The first kappa shape index (κ1) is 11.1. The molecule has 0 aliphatic heterocycles. The molecule has 0 aliphatic carbocycles. The van der Waals surface area contributed by atoms with Crippen molar-refractivity contribution in [3.05, 3.63) is 52.7 Å². The smallest absolute Gasteiger partial charge is 0.121 e. The van der Waals surface area contributed by atoms with Crippen molar-refractivity contribution < 1.29 is 0 Å². The molecule has 18 heavy (non-hydrogen) atoms. The summed E-state index contributed by atoms with van der Waals surface area (Å²) >= 11 is 6.86. The molecular formula is C14H8N2S2. The van der Waals surface area contributed by atoms with Gasteiger partial charge >= 0.3 is 0 Å². The van der Waals surface area contributed by atoms with E-state index in [0.29, 0.717) is 10.2 Å². The van der Waals surface area contributed by atoms with E-state index >= 15 is 0 Å². The minimum Gasteiger partial charge on any atom is -0.344 e. The Morgan fingerprint density at radius 3 is 2.72 bits per heavy atom. The second kappa shape index (κ2) is 4.37. The SMILES string of the molecule is N#Cc1ccc(-c2cc3ccccc3s2)[nH]c1=S. The van der Waals surface area contributed by atoms with Crippen LogP contribution in [0.1, 0.15) is 5.56 Å². The van der Waals surface area contributed by atoms with E-state index in [4.69, 9.17) is 17.5 Å². The Bertz CT molecular complexity index is 788. The monoisotopic (exact) mass is 268 g/mol. The van der Waals surface area contributed by atoms with Gasteiger partial charge in [-0.1, -0.05) is 30.4 Å². The minimum atomic E-state index is 0.493. The summed E-state index contributed by atoms with van der Waals surface area (Å²) in [5, 5.41) is 10.1. The number of benzene rings is 1. The number of hydrogen-bond donors (Lipinski definition) is 1. The first-order valence-corrected chi connectivity index (χ1v) is 6.63. The van der Waals surface area contributed by atoms with Gasteiger partial charge in [-0.05, 0) is 29.7 Å². The summed E-state index contributed by atoms with van der Waals surface area (Å²) in [6.45, 7) is 0. The molecule has 86 valence electrons. The molecule has 2 heterocycles. The van der Waals surface area contributed by atoms with Gasteiger partial charge in [-0.3, -0.25) is 0 Å². The van der Waals surface area contributed by atoms with Crippen molar-refractivity contribution >= 4 is 33.6 Å². The van der Waals surface area contributed by atoms with E-state index in [2.05, 4.69) is 29.3 Å². The number of pyridine rings is 1. The Balaban J connectivity index is 2.18. The molecule has 2 nitrogen and oxygen atoms in total. The number of nitrogens with one attached hydrogen (secondary N) is 1. The standard InChI is InChI=1S/C14H8N2S2/c15-8-10-5-6-11(16-14(10)17)13-7-9-3-1-2-4-12(9)18-13/h1-7H,(H,16,17). The van der Waals surface area contributed by atoms with Gasteiger partial charge in [0.25, 0.3) is 0 Å². The Hall–Kier alpha value is -1.96. The lowest BCUT2D eigenvalue weighted by Crippen LogP contribution is -1.84. The summed E-state index contributed by atoms with van der Waals surface area (Å²) in [5.41, 5.74) is 1.47. The van der Waals surface area contributed by atoms with E-state index in [9.17, 15) is 0 Å². The fourth-order valence-corrected chi connectivity index (χ4v) is 3.09. The molecule has 0 radical (unpaired) electrons. The maximum Gasteiger partial charge on any atom is 0.121 e. The molecule has 0 spiro atoms. The summed E-state index contributed by atoms with van der Waals surface area (Å²) in [4.78, 5) is 4.24. The lowest BCUT2D eigenvalue weighted by atomic mass is 10.2. The number of H-pyrrole nitrogens is 1. The molecule has 4 heteroatoms. The summed E-state index contributed by atoms with van der Waals surface area (Å²) in [5.74, 6) is 0. The lowest BCUT2D eigenvalue weighted by Gasteiger charge is -1.98. The van der Waals surface area contributed by atoms with E-state index < -0.39 is 0 Å². The van der Waals surface area contributed by atoms with E-state index in [1.807, 2.05) is 18.2 Å². The Labute approximate surface area is 113 Å². The molecule has 0 aliphatic rings. The molecule has 0 saturated carbocycles. The number of thiophene rings is 1. The molecule has 0 atom stereocenters. The van der Waals surface area contributed by atoms with Crippen LogP contribution in [0.5, 0.6) is 0 Å². The minimum absolute atomic E-state index is 0.493. The van der Waals surface area contributed by atoms with E-state index in [-0.39, 0.29) is 0 Å². The molecule has 1 N–H and O–H groups in total. The van der Waals surface area contributed by atoms with Crippen molar-refractivity contribution in [2.24, 2.45) is 0 Å². The molecule has 0 bridgehead atoms. The predicted octanol–water partition coefficient (Wildman–Crippen LogP) is 4.50. The number of rotatable bonds is 1. The topological polar surface area (TPSA) is 39.6 Å². The van der Waals surface area contributed by atoms with Gasteiger partial charge in [-0.15, -0.1) is 11.3 Å². The van der Waals surface area contributed by atoms with Crippen molar-refractivity contribution in [2.75, 3.05) is 0 Å². The van der Waals surface area contributed by atoms with Crippen LogP contribution >= 0.6 is 23.6 Å². The van der Waals surface area contributed by atoms with E-state index in [1.54, 1.807) is 17.4 Å². The molecule has 3 rings (SSSR count). The van der Waals surface area contributed by atoms with Gasteiger partial charge in [-0.25, -0.2) is 0 Å². The second-order valence-electron chi connectivity index (χ2n) is 3.88. The highest BCUT2D eigenvalue weighted by molar-refractivity contribution is 7.71. The van der Waals surface area contributed by atoms with Gasteiger partial charge in [0.05, 0.1) is 16.1 Å². The van der Waals surface area contributed by atoms with Gasteiger partial charge in [0, 0.05) is 4.70 Å². The average Bonchev–Trinajstić information content (AvgIpc) is 2.82. The zero-order chi connectivity index (χ0) is 12.5. The highest BCUT2D eigenvalue weighted by Crippen LogP contribution is 2.32. The first-order chi connectivity index (χ1) is 8.78. The number of aromatic nitrogens is 1. The van der Waals surface area contributed by atoms with Crippen LogP contribution in [0.3, 0.4) is 0 Å². The third-order valence-corrected chi connectivity index (χ3v) is 4.19. The van der Waals surface area contributed by atoms with Crippen LogP contribution in [0.15, 0.2) is 42.5 Å². The predicted molar refractivity (Wildman–Crippen MR) is 77.2 cm³/mol. The number of hydrogen-bond acceptors (Lipinski definition) is 3. The van der Waals surface area contributed by atoms with Crippen LogP contribution < -0.4 is 0 Å². The molecular weight excluding hydrogens is 260 g/mol. The van der Waals surface area contributed by atoms with Crippen LogP contribution in [0.25, 0.3) is 20.7 Å². The molecule has 0 fully saturated rings. The van der Waals surface area contributed by atoms with Crippen LogP contribution in [-0.2, 0) is 0 Å². The summed E-state index contributed by atoms with van der Waals surface area (Å²) in [7, 11) is 0. The van der Waals surface area contributed by atoms with Crippen LogP contribution in [-0.4, -0.2) is 4.98 Å². The van der Waals surface area contributed by atoms with Crippen molar-refractivity contribution in [1.29, 1.82) is 5.26 Å². The number of fused-ring (bicyclic) bond motifs is 1. The summed E-state index contributed by atoms with van der Waals surface area (Å²) < 4.78 is 1.74. The maximum atomic E-state index is 8.86. The Morgan fingerprint density at radius 2 is 2.00 bits per heavy atom. The zero-order valence-electron chi connectivity index (χ0n) is 9.31.